The lowest BCUT2D eigenvalue weighted by atomic mass is 9.83. The number of rotatable bonds is 5. The molecule has 1 amide bonds. The van der Waals surface area contributed by atoms with E-state index in [4.69, 9.17) is 0 Å². The first-order chi connectivity index (χ1) is 11.6. The number of nitrogens with one attached hydrogen (secondary N) is 1. The van der Waals surface area contributed by atoms with Gasteiger partial charge in [-0.3, -0.25) is 4.79 Å². The van der Waals surface area contributed by atoms with E-state index in [9.17, 15) is 13.6 Å². The summed E-state index contributed by atoms with van der Waals surface area (Å²) in [5, 5.41) is 2.96. The smallest absolute Gasteiger partial charge is 0.230 e. The summed E-state index contributed by atoms with van der Waals surface area (Å²) in [5.41, 5.74) is 2.71. The predicted octanol–water partition coefficient (Wildman–Crippen LogP) is 4.29. The van der Waals surface area contributed by atoms with Gasteiger partial charge in [0.05, 0.1) is 5.75 Å². The van der Waals surface area contributed by atoms with Crippen LogP contribution in [0.5, 0.6) is 0 Å². The molecule has 0 saturated heterocycles. The third-order valence-electron chi connectivity index (χ3n) is 4.30. The second-order valence-corrected chi connectivity index (χ2v) is 7.01. The average molecular weight is 347 g/mol. The molecule has 1 aliphatic carbocycles. The molecule has 0 saturated carbocycles. The van der Waals surface area contributed by atoms with Crippen molar-refractivity contribution < 1.29 is 13.6 Å². The highest BCUT2D eigenvalue weighted by Crippen LogP contribution is 2.30. The summed E-state index contributed by atoms with van der Waals surface area (Å²) in [7, 11) is 0. The highest BCUT2D eigenvalue weighted by molar-refractivity contribution is 8.00. The number of amides is 1. The number of carbonyl (C=O) groups excluding carboxylic acids is 1. The molecule has 5 heteroatoms. The van der Waals surface area contributed by atoms with Gasteiger partial charge < -0.3 is 5.32 Å². The van der Waals surface area contributed by atoms with Crippen LogP contribution in [-0.2, 0) is 11.2 Å². The van der Waals surface area contributed by atoms with Gasteiger partial charge in [0.1, 0.15) is 0 Å². The van der Waals surface area contributed by atoms with Crippen LogP contribution in [0.25, 0.3) is 0 Å². The zero-order valence-corrected chi connectivity index (χ0v) is 14.0. The number of halogens is 2. The van der Waals surface area contributed by atoms with E-state index >= 15 is 0 Å². The Hall–Kier alpha value is -1.88. The molecule has 1 unspecified atom stereocenters. The summed E-state index contributed by atoms with van der Waals surface area (Å²) in [6.07, 6.45) is 3.32. The summed E-state index contributed by atoms with van der Waals surface area (Å²) in [6, 6.07) is 12.1. The number of thioether (sulfide) groups is 1. The molecular weight excluding hydrogens is 328 g/mol. The minimum atomic E-state index is -0.890. The summed E-state index contributed by atoms with van der Waals surface area (Å²) < 4.78 is 26.0. The molecule has 126 valence electrons. The molecule has 2 nitrogen and oxygen atoms in total. The van der Waals surface area contributed by atoms with Gasteiger partial charge in [-0.25, -0.2) is 8.78 Å². The van der Waals surface area contributed by atoms with Crippen molar-refractivity contribution in [1.82, 2.24) is 5.32 Å². The number of benzene rings is 2. The van der Waals surface area contributed by atoms with E-state index in [2.05, 4.69) is 23.5 Å². The molecule has 3 rings (SSSR count). The normalized spacial score (nSPS) is 16.5. The van der Waals surface area contributed by atoms with Gasteiger partial charge in [0.15, 0.2) is 11.6 Å². The van der Waals surface area contributed by atoms with Gasteiger partial charge in [0.2, 0.25) is 5.91 Å². The zero-order valence-electron chi connectivity index (χ0n) is 13.2. The van der Waals surface area contributed by atoms with E-state index < -0.39 is 11.6 Å². The van der Waals surface area contributed by atoms with Crippen molar-refractivity contribution in [2.75, 3.05) is 12.3 Å². The van der Waals surface area contributed by atoms with E-state index in [1.165, 1.54) is 29.0 Å². The third kappa shape index (κ3) is 4.15. The molecule has 0 aliphatic heterocycles. The monoisotopic (exact) mass is 347 g/mol. The molecule has 0 radical (unpaired) electrons. The van der Waals surface area contributed by atoms with Crippen LogP contribution in [0.2, 0.25) is 0 Å². The van der Waals surface area contributed by atoms with Crippen molar-refractivity contribution >= 4 is 17.7 Å². The molecule has 2 aromatic rings. The molecule has 1 N–H and O–H groups in total. The van der Waals surface area contributed by atoms with Gasteiger partial charge in [-0.1, -0.05) is 24.3 Å². The second kappa shape index (κ2) is 7.79. The molecule has 0 spiro atoms. The zero-order chi connectivity index (χ0) is 16.9. The Kier molecular flexibility index (Phi) is 5.51. The maximum absolute atomic E-state index is 13.1. The predicted molar refractivity (Wildman–Crippen MR) is 92.2 cm³/mol. The standard InChI is InChI=1S/C19H19F2NOS/c20-17-9-8-15(10-18(17)21)24-12-19(23)22-11-14-6-3-5-13-4-1-2-7-16(13)14/h1-2,4,7-10,14H,3,5-6,11-12H2,(H,22,23). The Morgan fingerprint density at radius 2 is 2.00 bits per heavy atom. The second-order valence-electron chi connectivity index (χ2n) is 5.96. The highest BCUT2D eigenvalue weighted by Gasteiger charge is 2.20. The van der Waals surface area contributed by atoms with E-state index in [1.807, 2.05) is 6.07 Å². The third-order valence-corrected chi connectivity index (χ3v) is 5.29. The van der Waals surface area contributed by atoms with Gasteiger partial charge >= 0.3 is 0 Å². The number of fused-ring (bicyclic) bond motifs is 1. The molecule has 0 heterocycles. The first kappa shape index (κ1) is 17.0. The van der Waals surface area contributed by atoms with Crippen LogP contribution in [0.3, 0.4) is 0 Å². The fourth-order valence-electron chi connectivity index (χ4n) is 3.07. The van der Waals surface area contributed by atoms with Gasteiger partial charge in [0, 0.05) is 17.4 Å². The number of hydrogen-bond acceptors (Lipinski definition) is 2. The van der Waals surface area contributed by atoms with E-state index in [1.54, 1.807) is 0 Å². The van der Waals surface area contributed by atoms with Crippen molar-refractivity contribution in [3.63, 3.8) is 0 Å². The van der Waals surface area contributed by atoms with Crippen molar-refractivity contribution in [3.05, 3.63) is 65.2 Å². The Labute approximate surface area is 144 Å². The lowest BCUT2D eigenvalue weighted by Gasteiger charge is -2.25. The summed E-state index contributed by atoms with van der Waals surface area (Å²) in [4.78, 5) is 12.6. The van der Waals surface area contributed by atoms with Crippen molar-refractivity contribution in [1.29, 1.82) is 0 Å². The largest absolute Gasteiger partial charge is 0.355 e. The van der Waals surface area contributed by atoms with Crippen LogP contribution in [0.4, 0.5) is 8.78 Å². The SMILES string of the molecule is O=C(CSc1ccc(F)c(F)c1)NCC1CCCc2ccccc21. The molecule has 2 aromatic carbocycles. The molecule has 24 heavy (non-hydrogen) atoms. The van der Waals surface area contributed by atoms with Crippen LogP contribution in [0.15, 0.2) is 47.4 Å². The summed E-state index contributed by atoms with van der Waals surface area (Å²) in [6.45, 7) is 0.619. The number of hydrogen-bond donors (Lipinski definition) is 1. The maximum Gasteiger partial charge on any atom is 0.230 e. The van der Waals surface area contributed by atoms with Crippen LogP contribution in [0.1, 0.15) is 29.9 Å². The topological polar surface area (TPSA) is 29.1 Å². The summed E-state index contributed by atoms with van der Waals surface area (Å²) in [5.74, 6) is -1.31. The maximum atomic E-state index is 13.1. The number of aryl methyl sites for hydroxylation is 1. The van der Waals surface area contributed by atoms with Crippen molar-refractivity contribution in [3.8, 4) is 0 Å². The minimum Gasteiger partial charge on any atom is -0.355 e. The first-order valence-electron chi connectivity index (χ1n) is 8.06. The molecule has 0 fully saturated rings. The molecule has 1 atom stereocenters. The Morgan fingerprint density at radius 3 is 2.83 bits per heavy atom. The van der Waals surface area contributed by atoms with Crippen LogP contribution in [-0.4, -0.2) is 18.2 Å². The fraction of sp³-hybridized carbons (Fsp3) is 0.316. The Balaban J connectivity index is 1.50. The van der Waals surface area contributed by atoms with E-state index in [0.29, 0.717) is 17.4 Å². The van der Waals surface area contributed by atoms with Crippen LogP contribution in [0, 0.1) is 11.6 Å². The number of carbonyl (C=O) groups is 1. The molecule has 0 aromatic heterocycles. The minimum absolute atomic E-state index is 0.0900. The molecule has 0 bridgehead atoms. The average Bonchev–Trinajstić information content (AvgIpc) is 2.61. The van der Waals surface area contributed by atoms with Gasteiger partial charge in [-0.2, -0.15) is 0 Å². The highest BCUT2D eigenvalue weighted by atomic mass is 32.2. The van der Waals surface area contributed by atoms with Crippen LogP contribution >= 0.6 is 11.8 Å². The van der Waals surface area contributed by atoms with Gasteiger partial charge in [0.25, 0.3) is 0 Å². The quantitative estimate of drug-likeness (QED) is 0.818. The Morgan fingerprint density at radius 1 is 1.17 bits per heavy atom. The molecule has 1 aliphatic rings. The lowest BCUT2D eigenvalue weighted by Crippen LogP contribution is -2.31. The van der Waals surface area contributed by atoms with Crippen LogP contribution < -0.4 is 5.32 Å². The van der Waals surface area contributed by atoms with Crippen molar-refractivity contribution in [2.24, 2.45) is 0 Å². The van der Waals surface area contributed by atoms with Gasteiger partial charge in [-0.15, -0.1) is 11.8 Å². The first-order valence-corrected chi connectivity index (χ1v) is 9.04. The van der Waals surface area contributed by atoms with Crippen molar-refractivity contribution in [2.45, 2.75) is 30.1 Å². The van der Waals surface area contributed by atoms with Gasteiger partial charge in [-0.05, 0) is 48.6 Å². The summed E-state index contributed by atoms with van der Waals surface area (Å²) >= 11 is 1.20. The molecular formula is C19H19F2NOS. The van der Waals surface area contributed by atoms with E-state index in [0.717, 1.165) is 31.4 Å². The van der Waals surface area contributed by atoms with E-state index in [-0.39, 0.29) is 11.7 Å². The fourth-order valence-corrected chi connectivity index (χ4v) is 3.82. The Bertz CT molecular complexity index is 735. The lowest BCUT2D eigenvalue weighted by molar-refractivity contribution is -0.118.